The third kappa shape index (κ3) is 4.70. The molecule has 1 aromatic rings. The van der Waals surface area contributed by atoms with Gasteiger partial charge in [0.25, 0.3) is 17.5 Å². The Morgan fingerprint density at radius 2 is 1.93 bits per heavy atom. The number of nitrogens with zero attached hydrogens (tertiary/aromatic N) is 2. The number of non-ortho nitro benzene ring substituents is 1. The van der Waals surface area contributed by atoms with Crippen molar-refractivity contribution in [3.8, 4) is 0 Å². The minimum Gasteiger partial charge on any atom is -0.469 e. The van der Waals surface area contributed by atoms with Crippen LogP contribution in [0, 0.1) is 10.1 Å². The quantitative estimate of drug-likeness (QED) is 0.291. The molecule has 2 rings (SSSR count). The van der Waals surface area contributed by atoms with Crippen LogP contribution >= 0.6 is 0 Å². The van der Waals surface area contributed by atoms with Crippen LogP contribution in [0.3, 0.4) is 0 Å². The highest BCUT2D eigenvalue weighted by Crippen LogP contribution is 2.26. The number of carbonyl (C=O) groups is 4. The molecule has 10 nitrogen and oxygen atoms in total. The minimum absolute atomic E-state index is 0.00669. The molecule has 10 heteroatoms. The molecule has 0 spiro atoms. The predicted octanol–water partition coefficient (Wildman–Crippen LogP) is 1.43. The fraction of sp³-hybridized carbons (Fsp3) is 0.444. The summed E-state index contributed by atoms with van der Waals surface area (Å²) >= 11 is 0. The van der Waals surface area contributed by atoms with Crippen LogP contribution in [0.5, 0.6) is 0 Å². The van der Waals surface area contributed by atoms with Crippen molar-refractivity contribution in [2.45, 2.75) is 38.6 Å². The lowest BCUT2D eigenvalue weighted by Crippen LogP contribution is -2.37. The van der Waals surface area contributed by atoms with E-state index in [1.54, 1.807) is 0 Å². The van der Waals surface area contributed by atoms with E-state index in [9.17, 15) is 29.3 Å². The molecule has 1 N–H and O–H groups in total. The summed E-state index contributed by atoms with van der Waals surface area (Å²) < 4.78 is 4.58. The Kier molecular flexibility index (Phi) is 6.80. The third-order valence-corrected chi connectivity index (χ3v) is 4.45. The molecule has 0 aliphatic carbocycles. The fourth-order valence-corrected chi connectivity index (χ4v) is 2.87. The van der Waals surface area contributed by atoms with Gasteiger partial charge in [0.1, 0.15) is 0 Å². The normalized spacial score (nSPS) is 13.9. The fourth-order valence-electron chi connectivity index (χ4n) is 2.87. The van der Waals surface area contributed by atoms with Crippen LogP contribution < -0.4 is 5.32 Å². The molecule has 0 radical (unpaired) electrons. The van der Waals surface area contributed by atoms with E-state index in [0.717, 1.165) is 11.0 Å². The van der Waals surface area contributed by atoms with Gasteiger partial charge in [-0.2, -0.15) is 0 Å². The van der Waals surface area contributed by atoms with E-state index in [1.165, 1.54) is 19.2 Å². The molecule has 1 aromatic carbocycles. The highest BCUT2D eigenvalue weighted by atomic mass is 16.6. The summed E-state index contributed by atoms with van der Waals surface area (Å²) in [6.07, 6.45) is 0.910. The maximum atomic E-state index is 12.4. The smallest absolute Gasteiger partial charge is 0.307 e. The molecule has 1 aliphatic heterocycles. The van der Waals surface area contributed by atoms with Gasteiger partial charge in [0.2, 0.25) is 5.91 Å². The summed E-state index contributed by atoms with van der Waals surface area (Å²) in [4.78, 5) is 59.2. The number of esters is 1. The highest BCUT2D eigenvalue weighted by molar-refractivity contribution is 6.21. The van der Waals surface area contributed by atoms with E-state index in [2.05, 4.69) is 10.1 Å². The predicted molar refractivity (Wildman–Crippen MR) is 96.6 cm³/mol. The number of fused-ring (bicyclic) bond motifs is 1. The summed E-state index contributed by atoms with van der Waals surface area (Å²) in [6.45, 7) is 1.84. The molecule has 0 saturated carbocycles. The number of benzene rings is 1. The summed E-state index contributed by atoms with van der Waals surface area (Å²) in [7, 11) is 1.27. The van der Waals surface area contributed by atoms with Gasteiger partial charge < -0.3 is 10.1 Å². The molecule has 0 aromatic heterocycles. The van der Waals surface area contributed by atoms with Crippen molar-refractivity contribution < 1.29 is 28.8 Å². The van der Waals surface area contributed by atoms with Gasteiger partial charge in [-0.3, -0.25) is 34.2 Å². The molecule has 1 atom stereocenters. The zero-order valence-corrected chi connectivity index (χ0v) is 15.6. The highest BCUT2D eigenvalue weighted by Gasteiger charge is 2.36. The molecule has 1 unspecified atom stereocenters. The van der Waals surface area contributed by atoms with Crippen molar-refractivity contribution >= 4 is 29.4 Å². The molecule has 3 amide bonds. The number of carbonyl (C=O) groups excluding carboxylic acids is 4. The van der Waals surface area contributed by atoms with Crippen LogP contribution in [-0.4, -0.2) is 53.2 Å². The molecule has 0 fully saturated rings. The van der Waals surface area contributed by atoms with Crippen molar-refractivity contribution in [2.75, 3.05) is 13.7 Å². The second kappa shape index (κ2) is 9.07. The number of rotatable bonds is 9. The van der Waals surface area contributed by atoms with E-state index < -0.39 is 22.7 Å². The maximum Gasteiger partial charge on any atom is 0.307 e. The Bertz CT molecular complexity index is 821. The summed E-state index contributed by atoms with van der Waals surface area (Å²) in [5.41, 5.74) is -0.158. The third-order valence-electron chi connectivity index (χ3n) is 4.45. The van der Waals surface area contributed by atoms with Crippen LogP contribution in [0.1, 0.15) is 53.3 Å². The maximum absolute atomic E-state index is 12.4. The Morgan fingerprint density at radius 1 is 1.25 bits per heavy atom. The lowest BCUT2D eigenvalue weighted by molar-refractivity contribution is -0.384. The number of amides is 3. The first kappa shape index (κ1) is 21.0. The van der Waals surface area contributed by atoms with Gasteiger partial charge in [-0.25, -0.2) is 0 Å². The van der Waals surface area contributed by atoms with Gasteiger partial charge in [0, 0.05) is 31.1 Å². The molecule has 1 heterocycles. The van der Waals surface area contributed by atoms with Gasteiger partial charge in [-0.1, -0.05) is 6.92 Å². The average Bonchev–Trinajstić information content (AvgIpc) is 2.91. The van der Waals surface area contributed by atoms with Crippen LogP contribution in [0.15, 0.2) is 18.2 Å². The van der Waals surface area contributed by atoms with E-state index in [1.807, 2.05) is 6.92 Å². The molecular weight excluding hydrogens is 370 g/mol. The van der Waals surface area contributed by atoms with Crippen molar-refractivity contribution in [3.05, 3.63) is 39.4 Å². The minimum atomic E-state index is -0.635. The van der Waals surface area contributed by atoms with Crippen LogP contribution in [0.2, 0.25) is 0 Å². The topological polar surface area (TPSA) is 136 Å². The van der Waals surface area contributed by atoms with E-state index in [-0.39, 0.29) is 54.6 Å². The average molecular weight is 391 g/mol. The first-order valence-corrected chi connectivity index (χ1v) is 8.79. The standard InChI is InChI=1S/C18H21N3O7/c1-3-11(9-16(23)28-2)19-15(22)5-4-8-20-17(24)13-7-6-12(21(26)27)10-14(13)18(20)25/h6-7,10-11H,3-5,8-9H2,1-2H3,(H,19,22). The molecule has 1 aliphatic rings. The molecule has 150 valence electrons. The lowest BCUT2D eigenvalue weighted by Gasteiger charge is -2.17. The number of methoxy groups -OCH3 is 1. The monoisotopic (exact) mass is 391 g/mol. The second-order valence-electron chi connectivity index (χ2n) is 6.31. The molecular formula is C18H21N3O7. The molecule has 28 heavy (non-hydrogen) atoms. The lowest BCUT2D eigenvalue weighted by atomic mass is 10.1. The van der Waals surface area contributed by atoms with Crippen LogP contribution in [0.4, 0.5) is 5.69 Å². The van der Waals surface area contributed by atoms with Crippen molar-refractivity contribution in [1.82, 2.24) is 10.2 Å². The first-order valence-electron chi connectivity index (χ1n) is 8.79. The van der Waals surface area contributed by atoms with Crippen LogP contribution in [-0.2, 0) is 14.3 Å². The number of nitrogens with one attached hydrogen (secondary N) is 1. The van der Waals surface area contributed by atoms with Crippen molar-refractivity contribution in [1.29, 1.82) is 0 Å². The number of nitro groups is 1. The van der Waals surface area contributed by atoms with Crippen molar-refractivity contribution in [2.24, 2.45) is 0 Å². The van der Waals surface area contributed by atoms with Gasteiger partial charge in [-0.05, 0) is 18.9 Å². The first-order chi connectivity index (χ1) is 13.3. The number of ether oxygens (including phenoxy) is 1. The van der Waals surface area contributed by atoms with Gasteiger partial charge >= 0.3 is 5.97 Å². The Hall–Kier alpha value is -3.30. The summed E-state index contributed by atoms with van der Waals surface area (Å²) in [5, 5.41) is 13.6. The second-order valence-corrected chi connectivity index (χ2v) is 6.31. The zero-order chi connectivity index (χ0) is 20.8. The van der Waals surface area contributed by atoms with Gasteiger partial charge in [0.15, 0.2) is 0 Å². The summed E-state index contributed by atoms with van der Waals surface area (Å²) in [5.74, 6) is -1.87. The van der Waals surface area contributed by atoms with E-state index >= 15 is 0 Å². The Morgan fingerprint density at radius 3 is 2.54 bits per heavy atom. The largest absolute Gasteiger partial charge is 0.469 e. The Labute approximate surface area is 161 Å². The number of imide groups is 1. The Balaban J connectivity index is 1.90. The van der Waals surface area contributed by atoms with E-state index in [0.29, 0.717) is 6.42 Å². The number of hydrogen-bond acceptors (Lipinski definition) is 7. The number of hydrogen-bond donors (Lipinski definition) is 1. The van der Waals surface area contributed by atoms with Gasteiger partial charge in [0.05, 0.1) is 29.6 Å². The van der Waals surface area contributed by atoms with Crippen LogP contribution in [0.25, 0.3) is 0 Å². The van der Waals surface area contributed by atoms with E-state index in [4.69, 9.17) is 0 Å². The SMILES string of the molecule is CCC(CC(=O)OC)NC(=O)CCCN1C(=O)c2ccc([N+](=O)[O-])cc2C1=O. The zero-order valence-electron chi connectivity index (χ0n) is 15.6. The number of nitro benzene ring substituents is 1. The van der Waals surface area contributed by atoms with Gasteiger partial charge in [-0.15, -0.1) is 0 Å². The molecule has 0 saturated heterocycles. The van der Waals surface area contributed by atoms with Crippen molar-refractivity contribution in [3.63, 3.8) is 0 Å². The molecule has 0 bridgehead atoms. The summed E-state index contributed by atoms with van der Waals surface area (Å²) in [6, 6.07) is 3.17.